The Kier molecular flexibility index (Phi) is 9.79. The van der Waals surface area contributed by atoms with Gasteiger partial charge < -0.3 is 14.6 Å². The maximum absolute atomic E-state index is 12.0. The van der Waals surface area contributed by atoms with Gasteiger partial charge in [0.25, 0.3) is 0 Å². The number of Topliss-reactive ketones (excluding diaryl/α,β-unsaturated/α-hetero) is 1. The molecule has 0 amide bonds. The maximum Gasteiger partial charge on any atom is 0.320 e. The van der Waals surface area contributed by atoms with Crippen LogP contribution in [0.1, 0.15) is 44.2 Å². The van der Waals surface area contributed by atoms with Crippen molar-refractivity contribution in [1.29, 1.82) is 0 Å². The first-order valence-electron chi connectivity index (χ1n) is 9.01. The highest BCUT2D eigenvalue weighted by Gasteiger charge is 2.29. The zero-order valence-corrected chi connectivity index (χ0v) is 15.7. The lowest BCUT2D eigenvalue weighted by atomic mass is 9.98. The van der Waals surface area contributed by atoms with Crippen molar-refractivity contribution >= 4 is 23.7 Å². The van der Waals surface area contributed by atoms with Crippen LogP contribution in [-0.4, -0.2) is 42.0 Å². The van der Waals surface area contributed by atoms with Crippen LogP contribution in [0.4, 0.5) is 0 Å². The minimum absolute atomic E-state index is 0.180. The third kappa shape index (κ3) is 8.48. The Bertz CT molecular complexity index is 631. The van der Waals surface area contributed by atoms with E-state index in [1.807, 2.05) is 24.3 Å². The lowest BCUT2D eigenvalue weighted by molar-refractivity contribution is -0.162. The monoisotopic (exact) mass is 378 g/mol. The molecule has 0 aromatic heterocycles. The van der Waals surface area contributed by atoms with Crippen LogP contribution in [-0.2, 0) is 41.5 Å². The molecule has 0 radical (unpaired) electrons. The van der Waals surface area contributed by atoms with Crippen molar-refractivity contribution in [3.05, 3.63) is 35.4 Å². The molecule has 1 aromatic carbocycles. The Morgan fingerprint density at radius 3 is 1.81 bits per heavy atom. The van der Waals surface area contributed by atoms with Gasteiger partial charge in [-0.3, -0.25) is 19.2 Å². The lowest BCUT2D eigenvalue weighted by Gasteiger charge is -2.14. The van der Waals surface area contributed by atoms with E-state index in [0.29, 0.717) is 12.8 Å². The number of carboxylic acid groups (broad SMARTS) is 1. The number of aliphatic carboxylic acids is 1. The summed E-state index contributed by atoms with van der Waals surface area (Å²) in [5.74, 6) is -3.53. The third-order valence-corrected chi connectivity index (χ3v) is 3.93. The van der Waals surface area contributed by atoms with Gasteiger partial charge in [0.2, 0.25) is 0 Å². The minimum atomic E-state index is -1.12. The summed E-state index contributed by atoms with van der Waals surface area (Å²) < 4.78 is 9.89. The largest absolute Gasteiger partial charge is 0.481 e. The van der Waals surface area contributed by atoms with Gasteiger partial charge in [-0.15, -0.1) is 0 Å². The lowest BCUT2D eigenvalue weighted by Crippen LogP contribution is -2.28. The molecule has 1 aromatic rings. The van der Waals surface area contributed by atoms with Crippen LogP contribution in [0.25, 0.3) is 0 Å². The van der Waals surface area contributed by atoms with E-state index >= 15 is 0 Å². The van der Waals surface area contributed by atoms with Crippen LogP contribution in [0.15, 0.2) is 24.3 Å². The first kappa shape index (κ1) is 22.3. The van der Waals surface area contributed by atoms with Crippen LogP contribution < -0.4 is 0 Å². The molecule has 0 atom stereocenters. The summed E-state index contributed by atoms with van der Waals surface area (Å²) in [6.45, 7) is 3.76. The van der Waals surface area contributed by atoms with Crippen LogP contribution in [0, 0.1) is 5.92 Å². The van der Waals surface area contributed by atoms with E-state index in [2.05, 4.69) is 0 Å². The van der Waals surface area contributed by atoms with E-state index in [9.17, 15) is 19.2 Å². The van der Waals surface area contributed by atoms with Crippen molar-refractivity contribution in [2.75, 3.05) is 13.2 Å². The zero-order valence-electron chi connectivity index (χ0n) is 15.7. The molecular weight excluding hydrogens is 352 g/mol. The average molecular weight is 378 g/mol. The van der Waals surface area contributed by atoms with Crippen molar-refractivity contribution in [2.24, 2.45) is 5.92 Å². The molecule has 1 rings (SSSR count). The van der Waals surface area contributed by atoms with Crippen LogP contribution >= 0.6 is 0 Å². The number of rotatable bonds is 12. The molecule has 1 N–H and O–H groups in total. The summed E-state index contributed by atoms with van der Waals surface area (Å²) in [4.78, 5) is 45.8. The van der Waals surface area contributed by atoms with Crippen LogP contribution in [0.3, 0.4) is 0 Å². The highest BCUT2D eigenvalue weighted by atomic mass is 16.6. The molecule has 0 spiro atoms. The second-order valence-corrected chi connectivity index (χ2v) is 6.02. The average Bonchev–Trinajstić information content (AvgIpc) is 2.61. The molecular formula is C20H26O7. The van der Waals surface area contributed by atoms with Crippen molar-refractivity contribution in [2.45, 2.75) is 46.0 Å². The van der Waals surface area contributed by atoms with Crippen LogP contribution in [0.5, 0.6) is 0 Å². The summed E-state index contributed by atoms with van der Waals surface area (Å²) in [6.07, 6.45) is 0.982. The molecule has 0 bridgehead atoms. The van der Waals surface area contributed by atoms with Gasteiger partial charge in [0, 0.05) is 6.42 Å². The van der Waals surface area contributed by atoms with E-state index < -0.39 is 30.2 Å². The van der Waals surface area contributed by atoms with E-state index in [0.717, 1.165) is 11.1 Å². The zero-order chi connectivity index (χ0) is 20.2. The summed E-state index contributed by atoms with van der Waals surface area (Å²) in [5, 5.41) is 8.58. The van der Waals surface area contributed by atoms with E-state index in [1.165, 1.54) is 0 Å². The van der Waals surface area contributed by atoms with Crippen molar-refractivity contribution in [1.82, 2.24) is 0 Å². The second kappa shape index (κ2) is 11.8. The fourth-order valence-corrected chi connectivity index (χ4v) is 2.54. The topological polar surface area (TPSA) is 107 Å². The Morgan fingerprint density at radius 2 is 1.37 bits per heavy atom. The summed E-state index contributed by atoms with van der Waals surface area (Å²) in [5.41, 5.74) is 1.86. The van der Waals surface area contributed by atoms with Gasteiger partial charge in [-0.05, 0) is 44.2 Å². The highest BCUT2D eigenvalue weighted by Crippen LogP contribution is 2.15. The molecule has 7 heteroatoms. The quantitative estimate of drug-likeness (QED) is 0.439. The van der Waals surface area contributed by atoms with Gasteiger partial charge in [0.05, 0.1) is 13.2 Å². The van der Waals surface area contributed by atoms with Gasteiger partial charge >= 0.3 is 17.9 Å². The summed E-state index contributed by atoms with van der Waals surface area (Å²) in [6, 6.07) is 7.44. The number of esters is 2. The third-order valence-electron chi connectivity index (χ3n) is 3.93. The fourth-order valence-electron chi connectivity index (χ4n) is 2.54. The van der Waals surface area contributed by atoms with Gasteiger partial charge in [0.1, 0.15) is 12.2 Å². The van der Waals surface area contributed by atoms with Crippen molar-refractivity contribution in [3.63, 3.8) is 0 Å². The first-order valence-corrected chi connectivity index (χ1v) is 9.01. The second-order valence-electron chi connectivity index (χ2n) is 6.02. The first-order chi connectivity index (χ1) is 12.9. The molecule has 27 heavy (non-hydrogen) atoms. The van der Waals surface area contributed by atoms with E-state index in [1.54, 1.807) is 13.8 Å². The summed E-state index contributed by atoms with van der Waals surface area (Å²) >= 11 is 0. The predicted octanol–water partition coefficient (Wildman–Crippen LogP) is 2.34. The molecule has 0 aliphatic rings. The smallest absolute Gasteiger partial charge is 0.320 e. The summed E-state index contributed by atoms with van der Waals surface area (Å²) in [7, 11) is 0. The normalized spacial score (nSPS) is 10.5. The molecule has 0 aliphatic heterocycles. The van der Waals surface area contributed by atoms with E-state index in [-0.39, 0.29) is 31.8 Å². The molecule has 0 saturated carbocycles. The molecule has 0 saturated heterocycles. The standard InChI is InChI=1S/C20H26O7/c1-3-26-19(24)17(20(25)27-4-2)12-10-15-7-5-14(6-8-15)9-11-16(21)13-18(22)23/h5-8,17H,3-4,9-13H2,1-2H3,(H,22,23). The molecule has 0 heterocycles. The fraction of sp³-hybridized carbons (Fsp3) is 0.500. The maximum atomic E-state index is 12.0. The minimum Gasteiger partial charge on any atom is -0.481 e. The molecule has 0 fully saturated rings. The Hall–Kier alpha value is -2.70. The number of carboxylic acids is 1. The van der Waals surface area contributed by atoms with Crippen molar-refractivity contribution < 1.29 is 33.8 Å². The molecule has 0 aliphatic carbocycles. The number of carbonyl (C=O) groups is 4. The molecule has 148 valence electrons. The van der Waals surface area contributed by atoms with E-state index in [4.69, 9.17) is 14.6 Å². The molecule has 7 nitrogen and oxygen atoms in total. The van der Waals surface area contributed by atoms with Gasteiger partial charge in [-0.2, -0.15) is 0 Å². The SMILES string of the molecule is CCOC(=O)C(CCc1ccc(CCC(=O)CC(=O)O)cc1)C(=O)OCC. The number of ether oxygens (including phenoxy) is 2. The van der Waals surface area contributed by atoms with Gasteiger partial charge in [-0.1, -0.05) is 24.3 Å². The predicted molar refractivity (Wildman–Crippen MR) is 97.1 cm³/mol. The number of benzene rings is 1. The Morgan fingerprint density at radius 1 is 0.889 bits per heavy atom. The number of ketones is 1. The molecule has 0 unspecified atom stereocenters. The highest BCUT2D eigenvalue weighted by molar-refractivity contribution is 5.95. The van der Waals surface area contributed by atoms with Gasteiger partial charge in [0.15, 0.2) is 5.92 Å². The number of hydrogen-bond donors (Lipinski definition) is 1. The number of carbonyl (C=O) groups excluding carboxylic acids is 3. The Balaban J connectivity index is 2.59. The number of aryl methyl sites for hydroxylation is 2. The van der Waals surface area contributed by atoms with Crippen LogP contribution in [0.2, 0.25) is 0 Å². The van der Waals surface area contributed by atoms with Gasteiger partial charge in [-0.25, -0.2) is 0 Å². The Labute approximate surface area is 158 Å². The van der Waals surface area contributed by atoms with Crippen molar-refractivity contribution in [3.8, 4) is 0 Å². The number of hydrogen-bond acceptors (Lipinski definition) is 6.